The van der Waals surface area contributed by atoms with Crippen molar-refractivity contribution in [1.82, 2.24) is 4.90 Å². The molecule has 1 aromatic rings. The minimum Gasteiger partial charge on any atom is -0.496 e. The Hall–Kier alpha value is -1.95. The molecule has 0 aliphatic carbocycles. The molecule has 1 aromatic carbocycles. The number of carbonyl (C=O) groups is 2. The molecule has 5 nitrogen and oxygen atoms in total. The lowest BCUT2D eigenvalue weighted by Gasteiger charge is -2.45. The van der Waals surface area contributed by atoms with Gasteiger partial charge in [-0.1, -0.05) is 6.92 Å². The zero-order chi connectivity index (χ0) is 19.2. The zero-order valence-electron chi connectivity index (χ0n) is 16.3. The number of rotatable bonds is 3. The molecule has 2 heterocycles. The highest BCUT2D eigenvalue weighted by Gasteiger charge is 2.36. The van der Waals surface area contributed by atoms with Crippen molar-refractivity contribution in [1.29, 1.82) is 0 Å². The van der Waals surface area contributed by atoms with E-state index in [1.807, 2.05) is 6.07 Å². The van der Waals surface area contributed by atoms with E-state index in [0.717, 1.165) is 29.4 Å². The van der Waals surface area contributed by atoms with Gasteiger partial charge >= 0.3 is 0 Å². The first-order valence-electron chi connectivity index (χ1n) is 8.90. The van der Waals surface area contributed by atoms with Crippen molar-refractivity contribution in [3.63, 3.8) is 0 Å². The van der Waals surface area contributed by atoms with Gasteiger partial charge in [-0.15, -0.1) is 0 Å². The monoisotopic (exact) mass is 374 g/mol. The third-order valence-electron chi connectivity index (χ3n) is 5.46. The largest absolute Gasteiger partial charge is 0.496 e. The van der Waals surface area contributed by atoms with Gasteiger partial charge < -0.3 is 9.64 Å². The second-order valence-electron chi connectivity index (χ2n) is 7.56. The minimum absolute atomic E-state index is 0.0721. The molecule has 2 amide bonds. The van der Waals surface area contributed by atoms with E-state index in [1.54, 1.807) is 20.1 Å². The Morgan fingerprint density at radius 3 is 2.62 bits per heavy atom. The Labute approximate surface area is 159 Å². The average Bonchev–Trinajstić information content (AvgIpc) is 2.85. The van der Waals surface area contributed by atoms with E-state index >= 15 is 0 Å². The number of ether oxygens (including phenoxy) is 1. The first kappa shape index (κ1) is 18.8. The van der Waals surface area contributed by atoms with Crippen LogP contribution in [0.1, 0.15) is 51.2 Å². The second kappa shape index (κ2) is 6.65. The highest BCUT2D eigenvalue weighted by molar-refractivity contribution is 8.18. The maximum atomic E-state index is 12.4. The van der Waals surface area contributed by atoms with Gasteiger partial charge in [0, 0.05) is 36.4 Å². The van der Waals surface area contributed by atoms with E-state index in [0.29, 0.717) is 23.1 Å². The van der Waals surface area contributed by atoms with Gasteiger partial charge in [0.1, 0.15) is 5.75 Å². The van der Waals surface area contributed by atoms with Crippen LogP contribution in [0.2, 0.25) is 0 Å². The van der Waals surface area contributed by atoms with Crippen LogP contribution in [0.4, 0.5) is 10.5 Å². The molecule has 26 heavy (non-hydrogen) atoms. The molecule has 1 atom stereocenters. The van der Waals surface area contributed by atoms with E-state index in [-0.39, 0.29) is 16.7 Å². The number of hydrogen-bond acceptors (Lipinski definition) is 5. The highest BCUT2D eigenvalue weighted by atomic mass is 32.2. The summed E-state index contributed by atoms with van der Waals surface area (Å²) >= 11 is 0.991. The maximum absolute atomic E-state index is 12.4. The zero-order valence-corrected chi connectivity index (χ0v) is 17.1. The smallest absolute Gasteiger partial charge is 0.293 e. The van der Waals surface area contributed by atoms with Gasteiger partial charge in [-0.25, -0.2) is 0 Å². The Morgan fingerprint density at radius 1 is 1.35 bits per heavy atom. The number of methoxy groups -OCH3 is 1. The third kappa shape index (κ3) is 3.00. The van der Waals surface area contributed by atoms with Gasteiger partial charge in [0.2, 0.25) is 0 Å². The summed E-state index contributed by atoms with van der Waals surface area (Å²) in [7, 11) is 3.74. The minimum atomic E-state index is -0.228. The summed E-state index contributed by atoms with van der Waals surface area (Å²) in [6, 6.07) is 4.15. The summed E-state index contributed by atoms with van der Waals surface area (Å²) in [5.41, 5.74) is 3.31. The third-order valence-corrected chi connectivity index (χ3v) is 6.37. The molecule has 1 saturated heterocycles. The van der Waals surface area contributed by atoms with E-state index < -0.39 is 0 Å². The van der Waals surface area contributed by atoms with Crippen molar-refractivity contribution in [2.45, 2.75) is 45.6 Å². The standard InChI is InChI=1S/C20H26N2O3S/c1-7-22-18(23)17(26-19(22)24)9-13-8-14-12(2)11-20(3,4)21(5)15(14)10-16(13)25-6/h8-10,12H,7,11H2,1-6H3/b17-9+. The average molecular weight is 375 g/mol. The Balaban J connectivity index is 2.08. The van der Waals surface area contributed by atoms with Gasteiger partial charge in [0.15, 0.2) is 0 Å². The molecule has 0 radical (unpaired) electrons. The number of amides is 2. The van der Waals surface area contributed by atoms with Gasteiger partial charge in [-0.05, 0) is 62.6 Å². The van der Waals surface area contributed by atoms with Crippen LogP contribution in [-0.2, 0) is 4.79 Å². The number of likely N-dealkylation sites (N-methyl/N-ethyl adjacent to an activating group) is 1. The molecule has 0 bridgehead atoms. The molecule has 2 aliphatic rings. The van der Waals surface area contributed by atoms with E-state index in [4.69, 9.17) is 4.74 Å². The van der Waals surface area contributed by atoms with Crippen molar-refractivity contribution >= 4 is 34.7 Å². The first-order valence-corrected chi connectivity index (χ1v) is 9.72. The predicted molar refractivity (Wildman–Crippen MR) is 107 cm³/mol. The van der Waals surface area contributed by atoms with E-state index in [1.165, 1.54) is 10.5 Å². The number of carbonyl (C=O) groups excluding carboxylic acids is 2. The van der Waals surface area contributed by atoms with Crippen LogP contribution in [0.15, 0.2) is 17.0 Å². The molecule has 1 fully saturated rings. The van der Waals surface area contributed by atoms with Gasteiger partial charge in [-0.2, -0.15) is 0 Å². The van der Waals surface area contributed by atoms with Crippen LogP contribution in [0.25, 0.3) is 6.08 Å². The van der Waals surface area contributed by atoms with Gasteiger partial charge in [-0.3, -0.25) is 14.5 Å². The number of fused-ring (bicyclic) bond motifs is 1. The highest BCUT2D eigenvalue weighted by Crippen LogP contribution is 2.45. The molecular weight excluding hydrogens is 348 g/mol. The van der Waals surface area contributed by atoms with Crippen LogP contribution >= 0.6 is 11.8 Å². The normalized spacial score (nSPS) is 23.6. The molecule has 3 rings (SSSR count). The van der Waals surface area contributed by atoms with Crippen molar-refractivity contribution in [3.8, 4) is 5.75 Å². The lowest BCUT2D eigenvalue weighted by molar-refractivity contribution is -0.122. The Kier molecular flexibility index (Phi) is 4.82. The summed E-state index contributed by atoms with van der Waals surface area (Å²) < 4.78 is 5.60. The van der Waals surface area contributed by atoms with Crippen molar-refractivity contribution in [2.24, 2.45) is 0 Å². The number of hydrogen-bond donors (Lipinski definition) is 0. The van der Waals surface area contributed by atoms with Crippen molar-refractivity contribution in [3.05, 3.63) is 28.2 Å². The molecule has 0 N–H and O–H groups in total. The van der Waals surface area contributed by atoms with Crippen LogP contribution in [0.5, 0.6) is 5.75 Å². The van der Waals surface area contributed by atoms with Crippen LogP contribution < -0.4 is 9.64 Å². The van der Waals surface area contributed by atoms with Gasteiger partial charge in [0.05, 0.1) is 12.0 Å². The molecule has 2 aliphatic heterocycles. The maximum Gasteiger partial charge on any atom is 0.293 e. The number of anilines is 1. The van der Waals surface area contributed by atoms with E-state index in [9.17, 15) is 9.59 Å². The topological polar surface area (TPSA) is 49.9 Å². The Bertz CT molecular complexity index is 800. The fraction of sp³-hybridized carbons (Fsp3) is 0.500. The van der Waals surface area contributed by atoms with Crippen molar-refractivity contribution < 1.29 is 14.3 Å². The number of nitrogens with zero attached hydrogens (tertiary/aromatic N) is 2. The summed E-state index contributed by atoms with van der Waals surface area (Å²) in [5.74, 6) is 0.886. The molecular formula is C20H26N2O3S. The lowest BCUT2D eigenvalue weighted by Crippen LogP contribution is -2.45. The van der Waals surface area contributed by atoms with Crippen molar-refractivity contribution in [2.75, 3.05) is 25.6 Å². The molecule has 0 saturated carbocycles. The van der Waals surface area contributed by atoms with Crippen LogP contribution in [0.3, 0.4) is 0 Å². The molecule has 6 heteroatoms. The van der Waals surface area contributed by atoms with Crippen LogP contribution in [0, 0.1) is 0 Å². The fourth-order valence-corrected chi connectivity index (χ4v) is 4.71. The lowest BCUT2D eigenvalue weighted by atomic mass is 9.80. The van der Waals surface area contributed by atoms with Gasteiger partial charge in [0.25, 0.3) is 11.1 Å². The summed E-state index contributed by atoms with van der Waals surface area (Å²) in [5, 5.41) is -0.212. The molecule has 140 valence electrons. The summed E-state index contributed by atoms with van der Waals surface area (Å²) in [6.45, 7) is 8.91. The summed E-state index contributed by atoms with van der Waals surface area (Å²) in [6.07, 6.45) is 2.83. The summed E-state index contributed by atoms with van der Waals surface area (Å²) in [4.78, 5) is 28.4. The predicted octanol–water partition coefficient (Wildman–Crippen LogP) is 4.47. The number of thioether (sulfide) groups is 1. The molecule has 1 unspecified atom stereocenters. The number of imide groups is 1. The van der Waals surface area contributed by atoms with Crippen LogP contribution in [-0.4, -0.2) is 42.3 Å². The molecule has 0 spiro atoms. The van der Waals surface area contributed by atoms with E-state index in [2.05, 4.69) is 38.8 Å². The quantitative estimate of drug-likeness (QED) is 0.731. The SMILES string of the molecule is CCN1C(=O)S/C(=C/c2cc3c(cc2OC)N(C)C(C)(C)CC3C)C1=O. The second-order valence-corrected chi connectivity index (χ2v) is 8.55. The Morgan fingerprint density at radius 2 is 2.04 bits per heavy atom. The number of benzene rings is 1. The fourth-order valence-electron chi connectivity index (χ4n) is 3.81. The first-order chi connectivity index (χ1) is 12.2. The molecule has 0 aromatic heterocycles.